The van der Waals surface area contributed by atoms with E-state index in [9.17, 15) is 14.4 Å². The van der Waals surface area contributed by atoms with E-state index in [2.05, 4.69) is 0 Å². The van der Waals surface area contributed by atoms with Gasteiger partial charge >= 0.3 is 12.1 Å². The molecule has 24 heavy (non-hydrogen) atoms. The molecular weight excluding hydrogens is 312 g/mol. The minimum absolute atomic E-state index is 0.0555. The molecule has 0 aliphatic carbocycles. The number of carbonyl (C=O) groups excluding carboxylic acids is 3. The van der Waals surface area contributed by atoms with Crippen LogP contribution in [0.4, 0.5) is 4.79 Å². The predicted octanol–water partition coefficient (Wildman–Crippen LogP) is 1.80. The van der Waals surface area contributed by atoms with E-state index < -0.39 is 11.5 Å². The molecule has 2 unspecified atom stereocenters. The van der Waals surface area contributed by atoms with E-state index in [-0.39, 0.29) is 30.4 Å². The largest absolute Gasteiger partial charge is 0.469 e. The monoisotopic (exact) mass is 340 g/mol. The lowest BCUT2D eigenvalue weighted by molar-refractivity contribution is -0.145. The molecule has 2 aliphatic rings. The van der Waals surface area contributed by atoms with Crippen LogP contribution in [-0.2, 0) is 19.1 Å². The summed E-state index contributed by atoms with van der Waals surface area (Å²) in [5.74, 6) is -0.806. The minimum atomic E-state index is -0.543. The zero-order valence-electron chi connectivity index (χ0n) is 15.0. The quantitative estimate of drug-likeness (QED) is 0.732. The molecule has 0 aromatic heterocycles. The minimum Gasteiger partial charge on any atom is -0.469 e. The van der Waals surface area contributed by atoms with Crippen LogP contribution in [0, 0.1) is 5.92 Å². The van der Waals surface area contributed by atoms with Gasteiger partial charge in [-0.05, 0) is 40.0 Å². The smallest absolute Gasteiger partial charge is 0.410 e. The van der Waals surface area contributed by atoms with Crippen LogP contribution >= 0.6 is 0 Å². The van der Waals surface area contributed by atoms with E-state index in [1.165, 1.54) is 7.11 Å². The van der Waals surface area contributed by atoms with Crippen LogP contribution in [0.25, 0.3) is 0 Å². The lowest BCUT2D eigenvalue weighted by atomic mass is 10.0. The molecule has 0 aromatic rings. The second kappa shape index (κ2) is 7.40. The van der Waals surface area contributed by atoms with Gasteiger partial charge in [0.05, 0.1) is 19.1 Å². The molecule has 0 spiro atoms. The van der Waals surface area contributed by atoms with E-state index in [1.807, 2.05) is 20.8 Å². The maximum atomic E-state index is 12.4. The van der Waals surface area contributed by atoms with Crippen LogP contribution in [0.3, 0.4) is 0 Å². The molecule has 2 aliphatic heterocycles. The van der Waals surface area contributed by atoms with Crippen molar-refractivity contribution >= 4 is 18.0 Å². The van der Waals surface area contributed by atoms with Crippen LogP contribution in [0.15, 0.2) is 0 Å². The number of methoxy groups -OCH3 is 1. The number of piperidine rings is 1. The number of esters is 1. The summed E-state index contributed by atoms with van der Waals surface area (Å²) in [6.45, 7) is 6.98. The maximum Gasteiger partial charge on any atom is 0.410 e. The molecule has 0 bridgehead atoms. The molecular formula is C17H28N2O5. The summed E-state index contributed by atoms with van der Waals surface area (Å²) >= 11 is 0. The first-order chi connectivity index (χ1) is 11.2. The molecule has 136 valence electrons. The molecule has 7 nitrogen and oxygen atoms in total. The second-order valence-electron chi connectivity index (χ2n) is 7.55. The summed E-state index contributed by atoms with van der Waals surface area (Å²) in [7, 11) is 1.33. The Hall–Kier alpha value is -1.79. The first-order valence-corrected chi connectivity index (χ1v) is 8.56. The van der Waals surface area contributed by atoms with Gasteiger partial charge in [-0.1, -0.05) is 0 Å². The number of ether oxygens (including phenoxy) is 2. The molecule has 0 saturated carbocycles. The summed E-state index contributed by atoms with van der Waals surface area (Å²) in [4.78, 5) is 39.6. The number of likely N-dealkylation sites (tertiary alicyclic amines) is 2. The van der Waals surface area contributed by atoms with Crippen molar-refractivity contribution in [1.82, 2.24) is 9.80 Å². The topological polar surface area (TPSA) is 76.2 Å². The van der Waals surface area contributed by atoms with E-state index in [4.69, 9.17) is 9.47 Å². The summed E-state index contributed by atoms with van der Waals surface area (Å²) in [6, 6.07) is -0.0612. The fraction of sp³-hybridized carbons (Fsp3) is 0.824. The third kappa shape index (κ3) is 4.61. The Balaban J connectivity index is 1.99. The van der Waals surface area contributed by atoms with Gasteiger partial charge in [0, 0.05) is 26.1 Å². The van der Waals surface area contributed by atoms with Gasteiger partial charge in [-0.3, -0.25) is 9.59 Å². The number of hydrogen-bond donors (Lipinski definition) is 0. The zero-order chi connectivity index (χ0) is 17.9. The fourth-order valence-electron chi connectivity index (χ4n) is 3.28. The zero-order valence-corrected chi connectivity index (χ0v) is 15.0. The average molecular weight is 340 g/mol. The van der Waals surface area contributed by atoms with Gasteiger partial charge in [-0.15, -0.1) is 0 Å². The number of amides is 2. The van der Waals surface area contributed by atoms with Gasteiger partial charge in [0.15, 0.2) is 0 Å². The Kier molecular flexibility index (Phi) is 5.72. The van der Waals surface area contributed by atoms with Crippen molar-refractivity contribution in [2.24, 2.45) is 5.92 Å². The Morgan fingerprint density at radius 1 is 1.25 bits per heavy atom. The molecule has 7 heteroatoms. The molecule has 2 amide bonds. The Labute approximate surface area is 143 Å². The highest BCUT2D eigenvalue weighted by Crippen LogP contribution is 2.25. The van der Waals surface area contributed by atoms with Gasteiger partial charge in [-0.25, -0.2) is 4.79 Å². The van der Waals surface area contributed by atoms with Crippen molar-refractivity contribution in [2.45, 2.75) is 58.1 Å². The summed E-state index contributed by atoms with van der Waals surface area (Å²) in [6.07, 6.45) is 2.65. The third-order valence-corrected chi connectivity index (χ3v) is 4.44. The Bertz CT molecular complexity index is 500. The molecule has 2 rings (SSSR count). The first-order valence-electron chi connectivity index (χ1n) is 8.56. The van der Waals surface area contributed by atoms with Crippen LogP contribution in [-0.4, -0.2) is 66.2 Å². The second-order valence-corrected chi connectivity index (χ2v) is 7.55. The SMILES string of the molecule is COC(=O)C1CC(=O)N(CC2CCCCN2C(=O)OC(C)(C)C)C1. The molecule has 2 saturated heterocycles. The molecule has 0 N–H and O–H groups in total. The first kappa shape index (κ1) is 18.5. The lowest BCUT2D eigenvalue weighted by Crippen LogP contribution is -2.51. The van der Waals surface area contributed by atoms with Crippen LogP contribution in [0.5, 0.6) is 0 Å². The van der Waals surface area contributed by atoms with Crippen molar-refractivity contribution in [2.75, 3.05) is 26.7 Å². The third-order valence-electron chi connectivity index (χ3n) is 4.44. The average Bonchev–Trinajstić information content (AvgIpc) is 2.86. The number of carbonyl (C=O) groups is 3. The standard InChI is InChI=1S/C17H28N2O5/c1-17(2,3)24-16(22)19-8-6-5-7-13(19)11-18-10-12(9-14(18)20)15(21)23-4/h12-13H,5-11H2,1-4H3. The number of hydrogen-bond acceptors (Lipinski definition) is 5. The van der Waals surface area contributed by atoms with Gasteiger partial charge in [0.2, 0.25) is 5.91 Å². The summed E-state index contributed by atoms with van der Waals surface area (Å²) in [5, 5.41) is 0. The van der Waals surface area contributed by atoms with E-state index in [0.717, 1.165) is 19.3 Å². The number of nitrogens with zero attached hydrogens (tertiary/aromatic N) is 2. The van der Waals surface area contributed by atoms with Crippen molar-refractivity contribution in [3.63, 3.8) is 0 Å². The summed E-state index contributed by atoms with van der Waals surface area (Å²) < 4.78 is 10.2. The van der Waals surface area contributed by atoms with Gasteiger partial charge in [0.25, 0.3) is 0 Å². The fourth-order valence-corrected chi connectivity index (χ4v) is 3.28. The van der Waals surface area contributed by atoms with Crippen LogP contribution in [0.1, 0.15) is 46.5 Å². The normalized spacial score (nSPS) is 24.9. The predicted molar refractivity (Wildman–Crippen MR) is 87.3 cm³/mol. The molecule has 0 radical (unpaired) electrons. The van der Waals surface area contributed by atoms with Crippen LogP contribution in [0.2, 0.25) is 0 Å². The van der Waals surface area contributed by atoms with E-state index >= 15 is 0 Å². The highest BCUT2D eigenvalue weighted by molar-refractivity contribution is 5.86. The van der Waals surface area contributed by atoms with Crippen molar-refractivity contribution in [3.8, 4) is 0 Å². The maximum absolute atomic E-state index is 12.4. The Morgan fingerprint density at radius 3 is 2.58 bits per heavy atom. The van der Waals surface area contributed by atoms with Gasteiger partial charge in [-0.2, -0.15) is 0 Å². The highest BCUT2D eigenvalue weighted by atomic mass is 16.6. The molecule has 2 fully saturated rings. The highest BCUT2D eigenvalue weighted by Gasteiger charge is 2.38. The van der Waals surface area contributed by atoms with E-state index in [0.29, 0.717) is 19.6 Å². The van der Waals surface area contributed by atoms with Gasteiger partial charge in [0.1, 0.15) is 5.60 Å². The molecule has 0 aromatic carbocycles. The van der Waals surface area contributed by atoms with Gasteiger partial charge < -0.3 is 19.3 Å². The van der Waals surface area contributed by atoms with Crippen molar-refractivity contribution in [3.05, 3.63) is 0 Å². The van der Waals surface area contributed by atoms with Crippen molar-refractivity contribution in [1.29, 1.82) is 0 Å². The van der Waals surface area contributed by atoms with Crippen molar-refractivity contribution < 1.29 is 23.9 Å². The van der Waals surface area contributed by atoms with E-state index in [1.54, 1.807) is 9.80 Å². The molecule has 2 atom stereocenters. The Morgan fingerprint density at radius 2 is 1.96 bits per heavy atom. The van der Waals surface area contributed by atoms with Crippen LogP contribution < -0.4 is 0 Å². The number of rotatable bonds is 3. The lowest BCUT2D eigenvalue weighted by Gasteiger charge is -2.38. The molecule has 2 heterocycles. The summed E-state index contributed by atoms with van der Waals surface area (Å²) in [5.41, 5.74) is -0.543.